The molecule has 5 nitrogen and oxygen atoms in total. The highest BCUT2D eigenvalue weighted by atomic mass is 35.5. The Balaban J connectivity index is 1.83. The van der Waals surface area contributed by atoms with Gasteiger partial charge in [0.15, 0.2) is 0 Å². The second kappa shape index (κ2) is 6.32. The molecule has 1 aromatic heterocycles. The van der Waals surface area contributed by atoms with E-state index in [1.54, 1.807) is 18.5 Å². The summed E-state index contributed by atoms with van der Waals surface area (Å²) in [5.74, 6) is 0.943. The van der Waals surface area contributed by atoms with E-state index in [-0.39, 0.29) is 0 Å². The molecule has 98 valence electrons. The highest BCUT2D eigenvalue weighted by molar-refractivity contribution is 6.31. The van der Waals surface area contributed by atoms with Crippen LogP contribution in [0.15, 0.2) is 24.5 Å². The molecule has 1 aromatic carbocycles. The summed E-state index contributed by atoms with van der Waals surface area (Å²) in [5, 5.41) is 20.5. The molecule has 0 aliphatic carbocycles. The van der Waals surface area contributed by atoms with Crippen LogP contribution in [0.1, 0.15) is 17.0 Å². The smallest absolute Gasteiger partial charge is 0.133 e. The molecule has 0 fully saturated rings. The SMILES string of the molecule is Cn1cnnc1CCNCc1ccc(C#N)cc1Cl. The van der Waals surface area contributed by atoms with Gasteiger partial charge in [0.05, 0.1) is 11.6 Å². The van der Waals surface area contributed by atoms with Gasteiger partial charge in [-0.2, -0.15) is 5.26 Å². The van der Waals surface area contributed by atoms with Crippen molar-refractivity contribution in [3.63, 3.8) is 0 Å². The molecule has 0 radical (unpaired) electrons. The Morgan fingerprint density at radius 1 is 1.47 bits per heavy atom. The van der Waals surface area contributed by atoms with Crippen molar-refractivity contribution in [1.29, 1.82) is 5.26 Å². The lowest BCUT2D eigenvalue weighted by atomic mass is 10.1. The molecule has 0 amide bonds. The summed E-state index contributed by atoms with van der Waals surface area (Å²) >= 11 is 6.09. The van der Waals surface area contributed by atoms with Gasteiger partial charge in [0.1, 0.15) is 12.2 Å². The van der Waals surface area contributed by atoms with Gasteiger partial charge in [-0.1, -0.05) is 17.7 Å². The standard InChI is InChI=1S/C13H14ClN5/c1-19-9-17-18-13(19)4-5-16-8-11-3-2-10(7-15)6-12(11)14/h2-3,6,9,16H,4-5,8H2,1H3. The number of rotatable bonds is 5. The quantitative estimate of drug-likeness (QED) is 0.843. The summed E-state index contributed by atoms with van der Waals surface area (Å²) < 4.78 is 1.90. The monoisotopic (exact) mass is 275 g/mol. The molecule has 0 saturated carbocycles. The number of nitrogens with zero attached hydrogens (tertiary/aromatic N) is 4. The fourth-order valence-corrected chi connectivity index (χ4v) is 1.96. The number of halogens is 1. The molecule has 2 aromatic rings. The van der Waals surface area contributed by atoms with Crippen molar-refractivity contribution in [2.75, 3.05) is 6.54 Å². The molecule has 1 heterocycles. The van der Waals surface area contributed by atoms with Gasteiger partial charge in [-0.05, 0) is 17.7 Å². The van der Waals surface area contributed by atoms with E-state index in [0.29, 0.717) is 17.1 Å². The molecule has 19 heavy (non-hydrogen) atoms. The third-order valence-corrected chi connectivity index (χ3v) is 3.18. The minimum atomic E-state index is 0.577. The zero-order chi connectivity index (χ0) is 13.7. The van der Waals surface area contributed by atoms with Crippen molar-refractivity contribution in [2.24, 2.45) is 7.05 Å². The van der Waals surface area contributed by atoms with Crippen molar-refractivity contribution in [3.8, 4) is 6.07 Å². The zero-order valence-electron chi connectivity index (χ0n) is 10.6. The number of hydrogen-bond acceptors (Lipinski definition) is 4. The van der Waals surface area contributed by atoms with Gasteiger partial charge in [-0.3, -0.25) is 0 Å². The van der Waals surface area contributed by atoms with Crippen molar-refractivity contribution >= 4 is 11.6 Å². The van der Waals surface area contributed by atoms with Crippen LogP contribution in [-0.4, -0.2) is 21.3 Å². The van der Waals surface area contributed by atoms with E-state index < -0.39 is 0 Å². The van der Waals surface area contributed by atoms with Gasteiger partial charge in [0.25, 0.3) is 0 Å². The van der Waals surface area contributed by atoms with Crippen LogP contribution in [0.4, 0.5) is 0 Å². The van der Waals surface area contributed by atoms with Gasteiger partial charge >= 0.3 is 0 Å². The molecule has 0 atom stereocenters. The molecule has 0 aliphatic heterocycles. The fraction of sp³-hybridized carbons (Fsp3) is 0.308. The van der Waals surface area contributed by atoms with E-state index >= 15 is 0 Å². The second-order valence-electron chi connectivity index (χ2n) is 4.20. The normalized spacial score (nSPS) is 10.4. The third kappa shape index (κ3) is 3.53. The Hall–Kier alpha value is -1.90. The predicted octanol–water partition coefficient (Wildman–Crippen LogP) is 1.67. The largest absolute Gasteiger partial charge is 0.321 e. The average Bonchev–Trinajstić information content (AvgIpc) is 2.81. The molecule has 0 saturated heterocycles. The first-order valence-electron chi connectivity index (χ1n) is 5.93. The maximum Gasteiger partial charge on any atom is 0.133 e. The van der Waals surface area contributed by atoms with Crippen molar-refractivity contribution < 1.29 is 0 Å². The van der Waals surface area contributed by atoms with Crippen LogP contribution in [-0.2, 0) is 20.0 Å². The minimum Gasteiger partial charge on any atom is -0.321 e. The summed E-state index contributed by atoms with van der Waals surface area (Å²) in [6.45, 7) is 1.46. The lowest BCUT2D eigenvalue weighted by Gasteiger charge is -2.06. The van der Waals surface area contributed by atoms with Gasteiger partial charge < -0.3 is 9.88 Å². The van der Waals surface area contributed by atoms with Gasteiger partial charge in [0.2, 0.25) is 0 Å². The van der Waals surface area contributed by atoms with Gasteiger partial charge in [0, 0.05) is 31.6 Å². The molecule has 0 aliphatic rings. The Morgan fingerprint density at radius 3 is 2.95 bits per heavy atom. The molecule has 0 unspecified atom stereocenters. The van der Waals surface area contributed by atoms with Crippen LogP contribution in [0.25, 0.3) is 0 Å². The van der Waals surface area contributed by atoms with Crippen LogP contribution in [0, 0.1) is 11.3 Å². The third-order valence-electron chi connectivity index (χ3n) is 2.83. The highest BCUT2D eigenvalue weighted by Gasteiger charge is 2.03. The number of nitriles is 1. The van der Waals surface area contributed by atoms with E-state index in [0.717, 1.165) is 24.4 Å². The topological polar surface area (TPSA) is 66.5 Å². The highest BCUT2D eigenvalue weighted by Crippen LogP contribution is 2.17. The predicted molar refractivity (Wildman–Crippen MR) is 72.6 cm³/mol. The van der Waals surface area contributed by atoms with E-state index in [1.807, 2.05) is 17.7 Å². The second-order valence-corrected chi connectivity index (χ2v) is 4.61. The first-order valence-corrected chi connectivity index (χ1v) is 6.30. The number of benzene rings is 1. The molecule has 0 bridgehead atoms. The number of aromatic nitrogens is 3. The zero-order valence-corrected chi connectivity index (χ0v) is 11.4. The summed E-state index contributed by atoms with van der Waals surface area (Å²) in [6.07, 6.45) is 2.50. The average molecular weight is 276 g/mol. The summed E-state index contributed by atoms with van der Waals surface area (Å²) in [7, 11) is 1.92. The minimum absolute atomic E-state index is 0.577. The Labute approximate surface area is 116 Å². The number of aryl methyl sites for hydroxylation is 1. The number of hydrogen-bond donors (Lipinski definition) is 1. The lowest BCUT2D eigenvalue weighted by molar-refractivity contribution is 0.654. The Kier molecular flexibility index (Phi) is 4.50. The fourth-order valence-electron chi connectivity index (χ4n) is 1.72. The van der Waals surface area contributed by atoms with E-state index in [1.165, 1.54) is 0 Å². The first kappa shape index (κ1) is 13.5. The van der Waals surface area contributed by atoms with Crippen LogP contribution >= 0.6 is 11.6 Å². The molecule has 0 spiro atoms. The van der Waals surface area contributed by atoms with Gasteiger partial charge in [-0.25, -0.2) is 0 Å². The van der Waals surface area contributed by atoms with Crippen LogP contribution in [0.3, 0.4) is 0 Å². The lowest BCUT2D eigenvalue weighted by Crippen LogP contribution is -2.18. The van der Waals surface area contributed by atoms with Crippen LogP contribution in [0.5, 0.6) is 0 Å². The Bertz CT molecular complexity index is 599. The van der Waals surface area contributed by atoms with Crippen molar-refractivity contribution in [3.05, 3.63) is 46.5 Å². The maximum atomic E-state index is 8.76. The first-order chi connectivity index (χ1) is 9.20. The Morgan fingerprint density at radius 2 is 2.32 bits per heavy atom. The molecule has 1 N–H and O–H groups in total. The maximum absolute atomic E-state index is 8.76. The van der Waals surface area contributed by atoms with Crippen LogP contribution in [0.2, 0.25) is 5.02 Å². The van der Waals surface area contributed by atoms with E-state index in [2.05, 4.69) is 21.6 Å². The van der Waals surface area contributed by atoms with Crippen molar-refractivity contribution in [1.82, 2.24) is 20.1 Å². The van der Waals surface area contributed by atoms with Crippen LogP contribution < -0.4 is 5.32 Å². The van der Waals surface area contributed by atoms with E-state index in [4.69, 9.17) is 16.9 Å². The van der Waals surface area contributed by atoms with Gasteiger partial charge in [-0.15, -0.1) is 10.2 Å². The summed E-state index contributed by atoms with van der Waals surface area (Å²) in [6, 6.07) is 7.39. The van der Waals surface area contributed by atoms with Crippen molar-refractivity contribution in [2.45, 2.75) is 13.0 Å². The number of nitrogens with one attached hydrogen (secondary N) is 1. The molecule has 2 rings (SSSR count). The molecular weight excluding hydrogens is 262 g/mol. The summed E-state index contributed by atoms with van der Waals surface area (Å²) in [5.41, 5.74) is 1.56. The molecule has 6 heteroatoms. The molecular formula is C13H14ClN5. The van der Waals surface area contributed by atoms with E-state index in [9.17, 15) is 0 Å². The summed E-state index contributed by atoms with van der Waals surface area (Å²) in [4.78, 5) is 0.